The number of halogens is 2. The normalized spacial score (nSPS) is 16.8. The second-order valence-electron chi connectivity index (χ2n) is 7.47. The topological polar surface area (TPSA) is 53.5 Å². The number of pyridine rings is 1. The van der Waals surface area contributed by atoms with Crippen molar-refractivity contribution >= 4 is 40.1 Å². The number of rotatable bonds is 9. The lowest BCUT2D eigenvalue weighted by molar-refractivity contribution is -0.129. The quantitative estimate of drug-likeness (QED) is 0.445. The molecule has 0 fully saturated rings. The van der Waals surface area contributed by atoms with E-state index in [1.165, 1.54) is 6.92 Å². The predicted molar refractivity (Wildman–Crippen MR) is 126 cm³/mol. The highest BCUT2D eigenvalue weighted by Crippen LogP contribution is 2.42. The van der Waals surface area contributed by atoms with Crippen LogP contribution in [0.2, 0.25) is 10.0 Å². The Bertz CT molecular complexity index is 977. The van der Waals surface area contributed by atoms with Crippen LogP contribution in [-0.4, -0.2) is 30.3 Å². The molecule has 0 bridgehead atoms. The number of aromatic nitrogens is 1. The van der Waals surface area contributed by atoms with E-state index in [1.807, 2.05) is 22.5 Å². The summed E-state index contributed by atoms with van der Waals surface area (Å²) in [5.74, 6) is 0.586. The van der Waals surface area contributed by atoms with Gasteiger partial charge in [-0.2, -0.15) is 0 Å². The summed E-state index contributed by atoms with van der Waals surface area (Å²) >= 11 is 12.3. The number of benzene rings is 1. The van der Waals surface area contributed by atoms with E-state index in [2.05, 4.69) is 18.8 Å². The Balaban J connectivity index is 2.03. The minimum atomic E-state index is -1.55. The van der Waals surface area contributed by atoms with Crippen LogP contribution in [0.1, 0.15) is 52.1 Å². The first kappa shape index (κ1) is 23.8. The number of hydrogen-bond acceptors (Lipinski definition) is 3. The summed E-state index contributed by atoms with van der Waals surface area (Å²) in [4.78, 5) is 19.2. The van der Waals surface area contributed by atoms with Gasteiger partial charge < -0.3 is 0 Å². The van der Waals surface area contributed by atoms with Crippen LogP contribution in [0.15, 0.2) is 58.9 Å². The zero-order valence-corrected chi connectivity index (χ0v) is 20.3. The monoisotopic (exact) mass is 479 g/mol. The predicted octanol–water partition coefficient (Wildman–Crippen LogP) is 5.96. The Morgan fingerprint density at radius 1 is 1.19 bits per heavy atom. The van der Waals surface area contributed by atoms with Gasteiger partial charge in [0.05, 0.1) is 23.2 Å². The van der Waals surface area contributed by atoms with Gasteiger partial charge in [-0.15, -0.1) is 0 Å². The molecule has 1 aromatic heterocycles. The second kappa shape index (κ2) is 10.6. The summed E-state index contributed by atoms with van der Waals surface area (Å²) < 4.78 is 15.5. The zero-order valence-electron chi connectivity index (χ0n) is 18.0. The van der Waals surface area contributed by atoms with E-state index < -0.39 is 11.0 Å². The van der Waals surface area contributed by atoms with E-state index in [0.717, 1.165) is 37.0 Å². The molecule has 0 N–H and O–H groups in total. The summed E-state index contributed by atoms with van der Waals surface area (Å²) in [6.07, 6.45) is 5.40. The Morgan fingerprint density at radius 3 is 2.45 bits per heavy atom. The van der Waals surface area contributed by atoms with Crippen LogP contribution < -0.4 is 0 Å². The number of hydrogen-bond donors (Lipinski definition) is 0. The number of amides is 1. The lowest BCUT2D eigenvalue weighted by atomic mass is 9.92. The Labute approximate surface area is 196 Å². The fourth-order valence-electron chi connectivity index (χ4n) is 3.81. The zero-order chi connectivity index (χ0) is 22.5. The van der Waals surface area contributed by atoms with Crippen molar-refractivity contribution in [1.29, 1.82) is 0 Å². The van der Waals surface area contributed by atoms with Crippen molar-refractivity contribution in [3.05, 3.63) is 69.7 Å². The minimum absolute atomic E-state index is 0.00382. The maximum Gasteiger partial charge on any atom is 0.225 e. The fraction of sp³-hybridized carbons (Fsp3) is 0.391. The Hall–Kier alpha value is -1.89. The number of carbonyl (C=O) groups excluding carboxylic acids is 1. The highest BCUT2D eigenvalue weighted by atomic mass is 35.5. The van der Waals surface area contributed by atoms with Crippen LogP contribution in [0.5, 0.6) is 0 Å². The summed E-state index contributed by atoms with van der Waals surface area (Å²) in [5, 5.41) is 0.860. The van der Waals surface area contributed by atoms with E-state index in [0.29, 0.717) is 27.3 Å². The molecule has 0 aliphatic carbocycles. The molecule has 31 heavy (non-hydrogen) atoms. The van der Waals surface area contributed by atoms with Crippen molar-refractivity contribution in [3.63, 3.8) is 0 Å². The molecule has 2 atom stereocenters. The highest BCUT2D eigenvalue weighted by Gasteiger charge is 2.44. The van der Waals surface area contributed by atoms with Gasteiger partial charge >= 0.3 is 0 Å². The second-order valence-corrected chi connectivity index (χ2v) is 9.70. The summed E-state index contributed by atoms with van der Waals surface area (Å²) in [6.45, 7) is 6.05. The molecule has 2 heterocycles. The molecule has 1 aliphatic heterocycles. The van der Waals surface area contributed by atoms with Crippen LogP contribution in [0, 0.1) is 0 Å². The van der Waals surface area contributed by atoms with Crippen molar-refractivity contribution in [2.24, 2.45) is 0 Å². The lowest BCUT2D eigenvalue weighted by Crippen LogP contribution is -2.53. The van der Waals surface area contributed by atoms with Gasteiger partial charge in [0.15, 0.2) is 11.0 Å². The van der Waals surface area contributed by atoms with Crippen LogP contribution in [0.3, 0.4) is 0 Å². The fourth-order valence-corrected chi connectivity index (χ4v) is 5.99. The van der Waals surface area contributed by atoms with E-state index in [-0.39, 0.29) is 11.9 Å². The van der Waals surface area contributed by atoms with E-state index in [4.69, 9.17) is 23.2 Å². The average Bonchev–Trinajstić information content (AvgIpc) is 2.72. The highest BCUT2D eigenvalue weighted by molar-refractivity contribution is 7.83. The molecule has 1 unspecified atom stereocenters. The molecular weight excluding hydrogens is 453 g/mol. The molecule has 8 heteroatoms. The first-order chi connectivity index (χ1) is 14.9. The smallest absolute Gasteiger partial charge is 0.225 e. The maximum atomic E-state index is 13.7. The molecule has 0 spiro atoms. The molecular formula is C23H27Cl2N3O2S. The molecule has 1 amide bonds. The first-order valence-electron chi connectivity index (χ1n) is 10.5. The third-order valence-corrected chi connectivity index (χ3v) is 7.15. The van der Waals surface area contributed by atoms with Gasteiger partial charge in [-0.05, 0) is 48.7 Å². The maximum absolute atomic E-state index is 13.7. The van der Waals surface area contributed by atoms with Gasteiger partial charge in [0.1, 0.15) is 5.82 Å². The van der Waals surface area contributed by atoms with Crippen LogP contribution in [-0.2, 0) is 22.3 Å². The molecule has 0 saturated carbocycles. The summed E-state index contributed by atoms with van der Waals surface area (Å²) in [7, 11) is -1.55. The molecule has 1 aliphatic rings. The van der Waals surface area contributed by atoms with Crippen LogP contribution in [0.4, 0.5) is 0 Å². The van der Waals surface area contributed by atoms with Crippen LogP contribution >= 0.6 is 23.2 Å². The van der Waals surface area contributed by atoms with Crippen molar-refractivity contribution in [2.75, 3.05) is 0 Å². The molecule has 166 valence electrons. The van der Waals surface area contributed by atoms with E-state index in [1.54, 1.807) is 29.3 Å². The van der Waals surface area contributed by atoms with Crippen molar-refractivity contribution in [1.82, 2.24) is 14.2 Å². The van der Waals surface area contributed by atoms with Crippen molar-refractivity contribution in [3.8, 4) is 0 Å². The van der Waals surface area contributed by atoms with Gasteiger partial charge in [-0.25, -0.2) is 4.21 Å². The molecule has 1 aromatic carbocycles. The molecule has 5 nitrogen and oxygen atoms in total. The van der Waals surface area contributed by atoms with Gasteiger partial charge in [0.2, 0.25) is 5.91 Å². The Morgan fingerprint density at radius 2 is 1.90 bits per heavy atom. The summed E-state index contributed by atoms with van der Waals surface area (Å²) in [6, 6.07) is 10.6. The summed E-state index contributed by atoms with van der Waals surface area (Å²) in [5.41, 5.74) is 1.91. The van der Waals surface area contributed by atoms with E-state index in [9.17, 15) is 9.00 Å². The third kappa shape index (κ3) is 5.30. The van der Waals surface area contributed by atoms with E-state index >= 15 is 0 Å². The van der Waals surface area contributed by atoms with Gasteiger partial charge in [0, 0.05) is 23.2 Å². The molecule has 2 aromatic rings. The van der Waals surface area contributed by atoms with Gasteiger partial charge in [0.25, 0.3) is 0 Å². The van der Waals surface area contributed by atoms with Gasteiger partial charge in [-0.1, -0.05) is 56.0 Å². The largest absolute Gasteiger partial charge is 0.292 e. The molecule has 0 radical (unpaired) electrons. The van der Waals surface area contributed by atoms with Crippen LogP contribution in [0.25, 0.3) is 0 Å². The molecule has 0 saturated heterocycles. The number of unbranched alkanes of at least 4 members (excludes halogenated alkanes) is 1. The first-order valence-corrected chi connectivity index (χ1v) is 12.3. The standard InChI is InChI=1S/C23H27Cl2N3O2S/c1-4-6-10-22-21(5-2)23(27(16(3)29)15-19-9-7-8-11-26-19)28(22)31(30)20-13-17(24)12-18(25)14-20/h7-9,11-14,22H,4-6,10,15H2,1-3H3/t22-,31?/m0/s1. The molecule has 3 rings (SSSR count). The lowest BCUT2D eigenvalue weighted by Gasteiger charge is -2.48. The number of nitrogens with zero attached hydrogens (tertiary/aromatic N) is 3. The Kier molecular flexibility index (Phi) is 8.14. The van der Waals surface area contributed by atoms with Crippen molar-refractivity contribution in [2.45, 2.75) is 63.9 Å². The third-order valence-electron chi connectivity index (χ3n) is 5.29. The average molecular weight is 480 g/mol. The minimum Gasteiger partial charge on any atom is -0.292 e. The van der Waals surface area contributed by atoms with Crippen molar-refractivity contribution < 1.29 is 9.00 Å². The van der Waals surface area contributed by atoms with Gasteiger partial charge in [-0.3, -0.25) is 19.0 Å². The SMILES string of the molecule is CCCC[C@H]1C(CC)=C(N(Cc2ccccn2)C(C)=O)N1S(=O)c1cc(Cl)cc(Cl)c1. The number of carbonyl (C=O) groups is 1.